The van der Waals surface area contributed by atoms with Crippen molar-refractivity contribution in [2.75, 3.05) is 26.7 Å². The van der Waals surface area contributed by atoms with Gasteiger partial charge in [-0.2, -0.15) is 0 Å². The zero-order valence-electron chi connectivity index (χ0n) is 15.6. The lowest BCUT2D eigenvalue weighted by Crippen LogP contribution is -2.43. The van der Waals surface area contributed by atoms with Crippen molar-refractivity contribution in [1.29, 1.82) is 0 Å². The Bertz CT molecular complexity index is 769. The Morgan fingerprint density at radius 3 is 2.84 bits per heavy atom. The van der Waals surface area contributed by atoms with Gasteiger partial charge in [-0.3, -0.25) is 4.99 Å². The van der Waals surface area contributed by atoms with Crippen LogP contribution in [-0.2, 0) is 12.8 Å². The summed E-state index contributed by atoms with van der Waals surface area (Å²) in [5.74, 6) is 1.08. The lowest BCUT2D eigenvalue weighted by molar-refractivity contribution is 0.151. The van der Waals surface area contributed by atoms with E-state index in [0.29, 0.717) is 5.41 Å². The number of fused-ring (bicyclic) bond motifs is 1. The molecule has 1 aromatic carbocycles. The van der Waals surface area contributed by atoms with Gasteiger partial charge in [-0.1, -0.05) is 31.5 Å². The summed E-state index contributed by atoms with van der Waals surface area (Å²) >= 11 is 0. The maximum absolute atomic E-state index is 4.53. The number of aryl methyl sites for hydroxylation is 1. The van der Waals surface area contributed by atoms with Gasteiger partial charge in [0.15, 0.2) is 5.96 Å². The highest BCUT2D eigenvalue weighted by Gasteiger charge is 2.43. The third-order valence-corrected chi connectivity index (χ3v) is 6.31. The fourth-order valence-corrected chi connectivity index (χ4v) is 4.62. The first-order valence-electron chi connectivity index (χ1n) is 9.78. The molecule has 1 saturated carbocycles. The number of aromatic nitrogens is 1. The van der Waals surface area contributed by atoms with Crippen LogP contribution >= 0.6 is 0 Å². The SMILES string of the molecule is CCc1cccc2c(CCNC(=NC)N3CCC4(CCC4)C3)c[nH]c12. The van der Waals surface area contributed by atoms with Gasteiger partial charge in [0.1, 0.15) is 0 Å². The first-order valence-corrected chi connectivity index (χ1v) is 9.78. The lowest BCUT2D eigenvalue weighted by Gasteiger charge is -2.38. The van der Waals surface area contributed by atoms with E-state index in [-0.39, 0.29) is 0 Å². The Balaban J connectivity index is 1.37. The van der Waals surface area contributed by atoms with Crippen molar-refractivity contribution < 1.29 is 0 Å². The minimum Gasteiger partial charge on any atom is -0.361 e. The van der Waals surface area contributed by atoms with Crippen LogP contribution in [0.15, 0.2) is 29.4 Å². The number of guanidine groups is 1. The van der Waals surface area contributed by atoms with E-state index in [4.69, 9.17) is 0 Å². The van der Waals surface area contributed by atoms with Gasteiger partial charge in [0.05, 0.1) is 0 Å². The molecule has 4 nitrogen and oxygen atoms in total. The number of nitrogens with zero attached hydrogens (tertiary/aromatic N) is 2. The van der Waals surface area contributed by atoms with Crippen molar-refractivity contribution in [2.24, 2.45) is 10.4 Å². The summed E-state index contributed by atoms with van der Waals surface area (Å²) in [5.41, 5.74) is 4.71. The van der Waals surface area contributed by atoms with Gasteiger partial charge >= 0.3 is 0 Å². The molecule has 0 amide bonds. The monoisotopic (exact) mass is 338 g/mol. The van der Waals surface area contributed by atoms with Gasteiger partial charge < -0.3 is 15.2 Å². The highest BCUT2D eigenvalue weighted by molar-refractivity contribution is 5.86. The van der Waals surface area contributed by atoms with Crippen LogP contribution in [0.1, 0.15) is 43.7 Å². The molecule has 1 aliphatic carbocycles. The average molecular weight is 338 g/mol. The summed E-state index contributed by atoms with van der Waals surface area (Å²) < 4.78 is 0. The zero-order valence-corrected chi connectivity index (χ0v) is 15.6. The van der Waals surface area contributed by atoms with Crippen LogP contribution in [0.3, 0.4) is 0 Å². The minimum absolute atomic E-state index is 0.616. The van der Waals surface area contributed by atoms with E-state index in [2.05, 4.69) is 51.5 Å². The van der Waals surface area contributed by atoms with Crippen LogP contribution in [0, 0.1) is 5.41 Å². The van der Waals surface area contributed by atoms with Crippen molar-refractivity contribution in [3.05, 3.63) is 35.5 Å². The second-order valence-electron chi connectivity index (χ2n) is 7.76. The maximum Gasteiger partial charge on any atom is 0.193 e. The summed E-state index contributed by atoms with van der Waals surface area (Å²) in [6.45, 7) is 5.50. The van der Waals surface area contributed by atoms with E-state index in [1.807, 2.05) is 7.05 Å². The third-order valence-electron chi connectivity index (χ3n) is 6.31. The predicted molar refractivity (Wildman–Crippen MR) is 105 cm³/mol. The molecule has 0 radical (unpaired) electrons. The summed E-state index contributed by atoms with van der Waals surface area (Å²) in [7, 11) is 1.91. The highest BCUT2D eigenvalue weighted by Crippen LogP contribution is 2.47. The molecule has 2 aliphatic rings. The van der Waals surface area contributed by atoms with E-state index in [9.17, 15) is 0 Å². The summed E-state index contributed by atoms with van der Waals surface area (Å²) in [6, 6.07) is 6.62. The summed E-state index contributed by atoms with van der Waals surface area (Å²) in [4.78, 5) is 10.5. The summed E-state index contributed by atoms with van der Waals surface area (Å²) in [5, 5.41) is 4.96. The topological polar surface area (TPSA) is 43.4 Å². The second-order valence-corrected chi connectivity index (χ2v) is 7.76. The number of hydrogen-bond acceptors (Lipinski definition) is 1. The molecule has 2 aromatic rings. The van der Waals surface area contributed by atoms with Crippen molar-refractivity contribution in [3.63, 3.8) is 0 Å². The van der Waals surface area contributed by atoms with E-state index in [0.717, 1.165) is 31.9 Å². The van der Waals surface area contributed by atoms with Crippen LogP contribution in [0.2, 0.25) is 0 Å². The molecule has 4 rings (SSSR count). The Hall–Kier alpha value is -1.97. The molecule has 134 valence electrons. The second kappa shape index (κ2) is 6.74. The van der Waals surface area contributed by atoms with E-state index >= 15 is 0 Å². The van der Waals surface area contributed by atoms with Crippen molar-refractivity contribution in [3.8, 4) is 0 Å². The van der Waals surface area contributed by atoms with Gasteiger partial charge in [0.2, 0.25) is 0 Å². The number of benzene rings is 1. The van der Waals surface area contributed by atoms with Crippen molar-refractivity contribution >= 4 is 16.9 Å². The minimum atomic E-state index is 0.616. The fourth-order valence-electron chi connectivity index (χ4n) is 4.62. The number of aromatic amines is 1. The molecule has 2 N–H and O–H groups in total. The Labute approximate surface area is 150 Å². The van der Waals surface area contributed by atoms with Crippen LogP contribution in [0.4, 0.5) is 0 Å². The number of aliphatic imine (C=N–C) groups is 1. The van der Waals surface area contributed by atoms with Gasteiger partial charge in [-0.25, -0.2) is 0 Å². The smallest absolute Gasteiger partial charge is 0.193 e. The molecule has 0 atom stereocenters. The molecular weight excluding hydrogens is 308 g/mol. The van der Waals surface area contributed by atoms with Crippen LogP contribution < -0.4 is 5.32 Å². The molecule has 2 heterocycles. The van der Waals surface area contributed by atoms with Gasteiger partial charge in [-0.15, -0.1) is 0 Å². The highest BCUT2D eigenvalue weighted by atomic mass is 15.3. The Kier molecular flexibility index (Phi) is 4.45. The lowest BCUT2D eigenvalue weighted by atomic mass is 9.68. The molecule has 0 bridgehead atoms. The number of rotatable bonds is 4. The van der Waals surface area contributed by atoms with Crippen molar-refractivity contribution in [2.45, 2.75) is 45.4 Å². The number of likely N-dealkylation sites (tertiary alicyclic amines) is 1. The zero-order chi connectivity index (χ0) is 17.3. The number of H-pyrrole nitrogens is 1. The van der Waals surface area contributed by atoms with E-state index < -0.39 is 0 Å². The van der Waals surface area contributed by atoms with Crippen LogP contribution in [0.5, 0.6) is 0 Å². The molecule has 1 spiro atoms. The first-order chi connectivity index (χ1) is 12.2. The first kappa shape index (κ1) is 16.5. The Morgan fingerprint density at radius 1 is 1.28 bits per heavy atom. The fraction of sp³-hybridized carbons (Fsp3) is 0.571. The van der Waals surface area contributed by atoms with E-state index in [1.165, 1.54) is 54.3 Å². The number of hydrogen-bond donors (Lipinski definition) is 2. The Morgan fingerprint density at radius 2 is 2.16 bits per heavy atom. The molecule has 0 unspecified atom stereocenters. The molecule has 2 fully saturated rings. The molecule has 1 aromatic heterocycles. The largest absolute Gasteiger partial charge is 0.361 e. The third kappa shape index (κ3) is 3.03. The standard InChI is InChI=1S/C21H30N4/c1-3-16-6-4-7-18-17(14-24-19(16)18)8-12-23-20(22-2)25-13-11-21(15-25)9-5-10-21/h4,6-7,14,24H,3,5,8-13,15H2,1-2H3,(H,22,23). The van der Waals surface area contributed by atoms with Crippen LogP contribution in [-0.4, -0.2) is 42.5 Å². The molecule has 1 saturated heterocycles. The van der Waals surface area contributed by atoms with Gasteiger partial charge in [0.25, 0.3) is 0 Å². The van der Waals surface area contributed by atoms with Gasteiger partial charge in [-0.05, 0) is 48.6 Å². The summed E-state index contributed by atoms with van der Waals surface area (Å²) in [6.07, 6.45) is 9.85. The van der Waals surface area contributed by atoms with Crippen LogP contribution in [0.25, 0.3) is 10.9 Å². The predicted octanol–water partition coefficient (Wildman–Crippen LogP) is 3.72. The molecular formula is C21H30N4. The normalized spacial score (nSPS) is 19.6. The average Bonchev–Trinajstić information content (AvgIpc) is 3.23. The van der Waals surface area contributed by atoms with Crippen molar-refractivity contribution in [1.82, 2.24) is 15.2 Å². The quantitative estimate of drug-likeness (QED) is 0.659. The number of nitrogens with one attached hydrogen (secondary N) is 2. The molecule has 4 heteroatoms. The maximum atomic E-state index is 4.53. The molecule has 1 aliphatic heterocycles. The van der Waals surface area contributed by atoms with Gasteiger partial charge in [0, 0.05) is 43.8 Å². The number of para-hydroxylation sites is 1. The molecule has 25 heavy (non-hydrogen) atoms. The van der Waals surface area contributed by atoms with E-state index in [1.54, 1.807) is 0 Å².